The highest BCUT2D eigenvalue weighted by Crippen LogP contribution is 2.24. The van der Waals surface area contributed by atoms with E-state index in [1.165, 1.54) is 11.3 Å². The molecule has 4 nitrogen and oxygen atoms in total. The third kappa shape index (κ3) is 3.43. The Hall–Kier alpha value is -1.14. The first-order chi connectivity index (χ1) is 8.69. The molecule has 0 fully saturated rings. The Bertz CT molecular complexity index is 530. The highest BCUT2D eigenvalue weighted by molar-refractivity contribution is 9.10. The Morgan fingerprint density at radius 3 is 3.00 bits per heavy atom. The van der Waals surface area contributed by atoms with Crippen LogP contribution in [0.5, 0.6) is 5.75 Å². The number of nitrogens with zero attached hydrogens (tertiary/aromatic N) is 2. The van der Waals surface area contributed by atoms with E-state index in [4.69, 9.17) is 4.74 Å². The number of benzene rings is 1. The van der Waals surface area contributed by atoms with E-state index in [0.29, 0.717) is 6.61 Å². The largest absolute Gasteiger partial charge is 0.486 e. The van der Waals surface area contributed by atoms with Crippen molar-refractivity contribution in [3.8, 4) is 5.75 Å². The topological polar surface area (TPSA) is 47.0 Å². The molecule has 0 aliphatic carbocycles. The average Bonchev–Trinajstić information content (AvgIpc) is 2.79. The van der Waals surface area contributed by atoms with Crippen LogP contribution >= 0.6 is 27.3 Å². The zero-order valence-electron chi connectivity index (χ0n) is 10.2. The van der Waals surface area contributed by atoms with E-state index < -0.39 is 0 Å². The second-order valence-corrected chi connectivity index (χ2v) is 5.71. The minimum absolute atomic E-state index is 0.445. The van der Waals surface area contributed by atoms with E-state index in [1.807, 2.05) is 32.0 Å². The number of nitrogens with one attached hydrogen (secondary N) is 1. The number of hydrogen-bond donors (Lipinski definition) is 1. The maximum absolute atomic E-state index is 5.75. The number of aryl methyl sites for hydroxylation is 1. The Morgan fingerprint density at radius 1 is 1.39 bits per heavy atom. The first-order valence-corrected chi connectivity index (χ1v) is 7.25. The summed E-state index contributed by atoms with van der Waals surface area (Å²) in [4.78, 5) is 0. The fourth-order valence-corrected chi connectivity index (χ4v) is 2.46. The van der Waals surface area contributed by atoms with Gasteiger partial charge in [0.25, 0.3) is 0 Å². The van der Waals surface area contributed by atoms with Gasteiger partial charge >= 0.3 is 0 Å². The fraction of sp³-hybridized carbons (Fsp3) is 0.333. The van der Waals surface area contributed by atoms with Crippen molar-refractivity contribution >= 4 is 32.4 Å². The van der Waals surface area contributed by atoms with Gasteiger partial charge in [0.1, 0.15) is 12.4 Å². The molecule has 0 radical (unpaired) electrons. The molecule has 2 rings (SSSR count). The smallest absolute Gasteiger partial charge is 0.205 e. The van der Waals surface area contributed by atoms with E-state index in [0.717, 1.165) is 32.5 Å². The number of hydrogen-bond acceptors (Lipinski definition) is 5. The first-order valence-electron chi connectivity index (χ1n) is 5.64. The molecule has 0 aliphatic rings. The molecular weight excluding hydrogens is 314 g/mol. The molecule has 0 amide bonds. The van der Waals surface area contributed by atoms with Crippen molar-refractivity contribution in [1.29, 1.82) is 0 Å². The van der Waals surface area contributed by atoms with Crippen LogP contribution in [-0.2, 0) is 6.61 Å². The summed E-state index contributed by atoms with van der Waals surface area (Å²) in [6, 6.07) is 5.97. The van der Waals surface area contributed by atoms with Crippen molar-refractivity contribution in [3.05, 3.63) is 33.2 Å². The van der Waals surface area contributed by atoms with Crippen LogP contribution in [0, 0.1) is 6.92 Å². The van der Waals surface area contributed by atoms with Crippen molar-refractivity contribution < 1.29 is 4.74 Å². The molecule has 0 atom stereocenters. The third-order valence-corrected chi connectivity index (χ3v) is 3.64. The highest BCUT2D eigenvalue weighted by Gasteiger charge is 2.06. The molecule has 2 aromatic rings. The summed E-state index contributed by atoms with van der Waals surface area (Å²) in [6.45, 7) is 5.34. The van der Waals surface area contributed by atoms with Gasteiger partial charge in [-0.2, -0.15) is 0 Å². The van der Waals surface area contributed by atoms with Crippen molar-refractivity contribution in [2.24, 2.45) is 0 Å². The number of halogens is 1. The molecule has 1 aromatic carbocycles. The van der Waals surface area contributed by atoms with Crippen molar-refractivity contribution in [3.63, 3.8) is 0 Å². The third-order valence-electron chi connectivity index (χ3n) is 2.30. The van der Waals surface area contributed by atoms with E-state index >= 15 is 0 Å². The van der Waals surface area contributed by atoms with Gasteiger partial charge in [0.2, 0.25) is 5.13 Å². The summed E-state index contributed by atoms with van der Waals surface area (Å²) in [7, 11) is 0. The zero-order chi connectivity index (χ0) is 13.0. The van der Waals surface area contributed by atoms with Gasteiger partial charge in [-0.05, 0) is 31.5 Å². The van der Waals surface area contributed by atoms with Crippen molar-refractivity contribution in [1.82, 2.24) is 10.2 Å². The number of rotatable bonds is 5. The van der Waals surface area contributed by atoms with Gasteiger partial charge in [-0.1, -0.05) is 33.3 Å². The minimum Gasteiger partial charge on any atom is -0.486 e. The Balaban J connectivity index is 1.99. The van der Waals surface area contributed by atoms with Gasteiger partial charge in [0.15, 0.2) is 5.01 Å². The molecular formula is C12H14BrN3OS. The molecule has 0 saturated heterocycles. The molecule has 1 heterocycles. The van der Waals surface area contributed by atoms with Crippen LogP contribution in [0.25, 0.3) is 0 Å². The molecule has 0 saturated carbocycles. The van der Waals surface area contributed by atoms with Crippen LogP contribution in [-0.4, -0.2) is 16.7 Å². The van der Waals surface area contributed by atoms with Crippen LogP contribution in [0.1, 0.15) is 17.5 Å². The average molecular weight is 328 g/mol. The minimum atomic E-state index is 0.445. The van der Waals surface area contributed by atoms with Gasteiger partial charge in [-0.25, -0.2) is 0 Å². The molecule has 96 valence electrons. The molecule has 18 heavy (non-hydrogen) atoms. The number of anilines is 1. The van der Waals surface area contributed by atoms with Crippen LogP contribution in [0.2, 0.25) is 0 Å². The second kappa shape index (κ2) is 6.15. The summed E-state index contributed by atoms with van der Waals surface area (Å²) >= 11 is 4.95. The quantitative estimate of drug-likeness (QED) is 0.911. The van der Waals surface area contributed by atoms with E-state index in [2.05, 4.69) is 31.4 Å². The lowest BCUT2D eigenvalue weighted by Gasteiger charge is -2.07. The van der Waals surface area contributed by atoms with Crippen LogP contribution < -0.4 is 10.1 Å². The first kappa shape index (κ1) is 13.3. The normalized spacial score (nSPS) is 10.4. The SMILES string of the molecule is CCNc1nnc(COc2cc(Br)ccc2C)s1. The van der Waals surface area contributed by atoms with Gasteiger partial charge in [0, 0.05) is 11.0 Å². The maximum atomic E-state index is 5.75. The lowest BCUT2D eigenvalue weighted by Crippen LogP contribution is -1.96. The Morgan fingerprint density at radius 2 is 2.22 bits per heavy atom. The summed E-state index contributed by atoms with van der Waals surface area (Å²) in [5, 5.41) is 12.9. The van der Waals surface area contributed by atoms with Gasteiger partial charge < -0.3 is 10.1 Å². The van der Waals surface area contributed by atoms with Crippen LogP contribution in [0.3, 0.4) is 0 Å². The molecule has 1 N–H and O–H groups in total. The predicted octanol–water partition coefficient (Wildman–Crippen LogP) is 3.62. The summed E-state index contributed by atoms with van der Waals surface area (Å²) in [5.74, 6) is 0.865. The molecule has 0 aliphatic heterocycles. The van der Waals surface area contributed by atoms with Crippen LogP contribution in [0.4, 0.5) is 5.13 Å². The molecule has 0 unspecified atom stereocenters. The molecule has 0 bridgehead atoms. The second-order valence-electron chi connectivity index (χ2n) is 3.73. The van der Waals surface area contributed by atoms with Gasteiger partial charge in [-0.15, -0.1) is 10.2 Å². The lowest BCUT2D eigenvalue weighted by atomic mass is 10.2. The monoisotopic (exact) mass is 327 g/mol. The highest BCUT2D eigenvalue weighted by atomic mass is 79.9. The van der Waals surface area contributed by atoms with E-state index in [1.54, 1.807) is 0 Å². The maximum Gasteiger partial charge on any atom is 0.205 e. The summed E-state index contributed by atoms with van der Waals surface area (Å²) in [6.07, 6.45) is 0. The summed E-state index contributed by atoms with van der Waals surface area (Å²) < 4.78 is 6.75. The Labute approximate surface area is 119 Å². The van der Waals surface area contributed by atoms with Crippen LogP contribution in [0.15, 0.2) is 22.7 Å². The standard InChI is InChI=1S/C12H14BrN3OS/c1-3-14-12-16-15-11(18-12)7-17-10-6-9(13)5-4-8(10)2/h4-6H,3,7H2,1-2H3,(H,14,16). The zero-order valence-corrected chi connectivity index (χ0v) is 12.6. The predicted molar refractivity (Wildman–Crippen MR) is 77.3 cm³/mol. The number of aromatic nitrogens is 2. The molecule has 6 heteroatoms. The molecule has 0 spiro atoms. The van der Waals surface area contributed by atoms with Gasteiger partial charge in [-0.3, -0.25) is 0 Å². The lowest BCUT2D eigenvalue weighted by molar-refractivity contribution is 0.302. The molecule has 1 aromatic heterocycles. The van der Waals surface area contributed by atoms with E-state index in [-0.39, 0.29) is 0 Å². The van der Waals surface area contributed by atoms with Gasteiger partial charge in [0.05, 0.1) is 0 Å². The van der Waals surface area contributed by atoms with Crippen molar-refractivity contribution in [2.75, 3.05) is 11.9 Å². The number of ether oxygens (including phenoxy) is 1. The Kier molecular flexibility index (Phi) is 4.54. The fourth-order valence-electron chi connectivity index (χ4n) is 1.40. The van der Waals surface area contributed by atoms with E-state index in [9.17, 15) is 0 Å². The van der Waals surface area contributed by atoms with Crippen molar-refractivity contribution in [2.45, 2.75) is 20.5 Å². The summed E-state index contributed by atoms with van der Waals surface area (Å²) in [5.41, 5.74) is 1.11.